The summed E-state index contributed by atoms with van der Waals surface area (Å²) in [5.41, 5.74) is 1.31. The number of hydrogen-bond donors (Lipinski definition) is 3. The van der Waals surface area contributed by atoms with E-state index in [9.17, 15) is 14.7 Å². The lowest BCUT2D eigenvalue weighted by atomic mass is 9.89. The highest BCUT2D eigenvalue weighted by Gasteiger charge is 2.31. The van der Waals surface area contributed by atoms with Crippen LogP contribution in [-0.2, 0) is 4.74 Å². The number of nitrogens with zero attached hydrogens (tertiary/aromatic N) is 2. The van der Waals surface area contributed by atoms with E-state index in [1.54, 1.807) is 41.3 Å². The molecule has 0 unspecified atom stereocenters. The lowest BCUT2D eigenvalue weighted by Crippen LogP contribution is -2.47. The van der Waals surface area contributed by atoms with Gasteiger partial charge in [0.2, 0.25) is 6.79 Å². The van der Waals surface area contributed by atoms with E-state index in [0.29, 0.717) is 47.3 Å². The smallest absolute Gasteiger partial charge is 0.323 e. The maximum atomic E-state index is 14.4. The minimum absolute atomic E-state index is 0.0109. The minimum atomic E-state index is -0.469. The van der Waals surface area contributed by atoms with Gasteiger partial charge in [0, 0.05) is 49.6 Å². The van der Waals surface area contributed by atoms with E-state index in [0.717, 1.165) is 38.3 Å². The summed E-state index contributed by atoms with van der Waals surface area (Å²) in [6.07, 6.45) is 9.03. The Balaban J connectivity index is 1.35. The summed E-state index contributed by atoms with van der Waals surface area (Å²) < 4.78 is 23.7. The third-order valence-electron chi connectivity index (χ3n) is 9.73. The normalized spacial score (nSPS) is 23.2. The van der Waals surface area contributed by atoms with Gasteiger partial charge in [-0.2, -0.15) is 0 Å². The summed E-state index contributed by atoms with van der Waals surface area (Å²) in [6.45, 7) is 8.85. The number of aliphatic hydroxyl groups excluding tert-OH is 1. The summed E-state index contributed by atoms with van der Waals surface area (Å²) in [5.74, 6) is 2.11. The van der Waals surface area contributed by atoms with Gasteiger partial charge in [-0.1, -0.05) is 26.2 Å². The van der Waals surface area contributed by atoms with Crippen LogP contribution in [0.1, 0.15) is 82.5 Å². The first kappa shape index (κ1) is 35.8. The van der Waals surface area contributed by atoms with Crippen molar-refractivity contribution in [2.45, 2.75) is 90.4 Å². The SMILES string of the molecule is C[C@@H]1CCCCO[C@@H](CN(C)CC2CCCCC2)[C@@H](C)CN([C@@H](C)CO)C(=O)c2cc(NC(=O)Nc3ccc4c(c3)OCO4)ccc2O1. The van der Waals surface area contributed by atoms with Gasteiger partial charge >= 0.3 is 6.03 Å². The molecule has 5 rings (SSSR count). The predicted molar refractivity (Wildman–Crippen MR) is 186 cm³/mol. The number of rotatable bonds is 8. The Morgan fingerprint density at radius 2 is 1.62 bits per heavy atom. The van der Waals surface area contributed by atoms with Gasteiger partial charge in [-0.05, 0) is 89.2 Å². The van der Waals surface area contributed by atoms with E-state index in [1.807, 2.05) is 13.8 Å². The highest BCUT2D eigenvalue weighted by Crippen LogP contribution is 2.34. The van der Waals surface area contributed by atoms with Crippen molar-refractivity contribution in [1.82, 2.24) is 9.80 Å². The molecule has 2 heterocycles. The van der Waals surface area contributed by atoms with Crippen LogP contribution < -0.4 is 24.8 Å². The molecule has 1 aliphatic carbocycles. The third-order valence-corrected chi connectivity index (χ3v) is 9.73. The molecule has 2 aliphatic heterocycles. The number of benzene rings is 2. The fourth-order valence-electron chi connectivity index (χ4n) is 6.92. The van der Waals surface area contributed by atoms with Crippen LogP contribution in [0.3, 0.4) is 0 Å². The molecule has 0 radical (unpaired) electrons. The average molecular weight is 667 g/mol. The first-order valence-electron chi connectivity index (χ1n) is 17.7. The Labute approximate surface area is 285 Å². The third kappa shape index (κ3) is 9.76. The Bertz CT molecular complexity index is 1370. The molecular formula is C37H54N4O7. The van der Waals surface area contributed by atoms with Crippen molar-refractivity contribution in [3.8, 4) is 17.2 Å². The van der Waals surface area contributed by atoms with Gasteiger partial charge in [0.05, 0.1) is 30.4 Å². The number of urea groups is 1. The Morgan fingerprint density at radius 1 is 0.938 bits per heavy atom. The monoisotopic (exact) mass is 666 g/mol. The van der Waals surface area contributed by atoms with Crippen LogP contribution in [-0.4, -0.2) is 91.8 Å². The number of nitrogens with one attached hydrogen (secondary N) is 2. The van der Waals surface area contributed by atoms with Crippen LogP contribution in [0.4, 0.5) is 16.2 Å². The summed E-state index contributed by atoms with van der Waals surface area (Å²) in [6, 6.07) is 9.39. The van der Waals surface area contributed by atoms with E-state index in [2.05, 4.69) is 29.5 Å². The Hall–Kier alpha value is -3.54. The molecule has 1 saturated carbocycles. The molecule has 1 fully saturated rings. The second-order valence-corrected chi connectivity index (χ2v) is 13.9. The van der Waals surface area contributed by atoms with Gasteiger partial charge in [0.25, 0.3) is 5.91 Å². The highest BCUT2D eigenvalue weighted by molar-refractivity contribution is 6.02. The molecule has 11 nitrogen and oxygen atoms in total. The zero-order chi connectivity index (χ0) is 34.0. The van der Waals surface area contributed by atoms with Crippen LogP contribution in [0, 0.1) is 11.8 Å². The van der Waals surface area contributed by atoms with Crippen LogP contribution in [0.25, 0.3) is 0 Å². The number of ether oxygens (including phenoxy) is 4. The van der Waals surface area contributed by atoms with Crippen molar-refractivity contribution in [3.63, 3.8) is 0 Å². The predicted octanol–water partition coefficient (Wildman–Crippen LogP) is 6.37. The molecule has 48 heavy (non-hydrogen) atoms. The van der Waals surface area contributed by atoms with E-state index < -0.39 is 12.1 Å². The van der Waals surface area contributed by atoms with Crippen LogP contribution in [0.2, 0.25) is 0 Å². The highest BCUT2D eigenvalue weighted by atomic mass is 16.7. The molecule has 4 atom stereocenters. The second kappa shape index (κ2) is 17.2. The zero-order valence-corrected chi connectivity index (χ0v) is 29.0. The number of likely N-dealkylation sites (N-methyl/N-ethyl adjacent to an activating group) is 1. The summed E-state index contributed by atoms with van der Waals surface area (Å²) in [7, 11) is 2.18. The lowest BCUT2D eigenvalue weighted by molar-refractivity contribution is -0.0190. The van der Waals surface area contributed by atoms with Gasteiger partial charge < -0.3 is 44.5 Å². The molecule has 2 aromatic rings. The molecule has 3 amide bonds. The molecule has 3 aliphatic rings. The first-order valence-corrected chi connectivity index (χ1v) is 17.7. The molecule has 0 aromatic heterocycles. The van der Waals surface area contributed by atoms with Crippen LogP contribution in [0.5, 0.6) is 17.2 Å². The summed E-state index contributed by atoms with van der Waals surface area (Å²) >= 11 is 0. The number of carbonyl (C=O) groups is 2. The molecule has 264 valence electrons. The quantitative estimate of drug-likeness (QED) is 0.297. The molecule has 0 spiro atoms. The first-order chi connectivity index (χ1) is 23.2. The van der Waals surface area contributed by atoms with E-state index in [4.69, 9.17) is 18.9 Å². The Morgan fingerprint density at radius 3 is 2.38 bits per heavy atom. The number of carbonyl (C=O) groups excluding carboxylic acids is 2. The number of anilines is 2. The van der Waals surface area contributed by atoms with Crippen molar-refractivity contribution in [2.24, 2.45) is 11.8 Å². The van der Waals surface area contributed by atoms with Gasteiger partial charge in [0.1, 0.15) is 5.75 Å². The number of fused-ring (bicyclic) bond motifs is 2. The molecule has 0 saturated heterocycles. The van der Waals surface area contributed by atoms with Gasteiger partial charge in [-0.3, -0.25) is 4.79 Å². The molecule has 3 N–H and O–H groups in total. The largest absolute Gasteiger partial charge is 0.490 e. The second-order valence-electron chi connectivity index (χ2n) is 13.9. The molecule has 11 heteroatoms. The Kier molecular flexibility index (Phi) is 12.8. The van der Waals surface area contributed by atoms with Gasteiger partial charge in [0.15, 0.2) is 11.5 Å². The number of amides is 3. The lowest BCUT2D eigenvalue weighted by Gasteiger charge is -2.36. The fourth-order valence-corrected chi connectivity index (χ4v) is 6.92. The molecular weight excluding hydrogens is 612 g/mol. The van der Waals surface area contributed by atoms with Crippen molar-refractivity contribution < 1.29 is 33.6 Å². The van der Waals surface area contributed by atoms with Crippen molar-refractivity contribution >= 4 is 23.3 Å². The van der Waals surface area contributed by atoms with E-state index in [-0.39, 0.29) is 37.4 Å². The summed E-state index contributed by atoms with van der Waals surface area (Å²) in [4.78, 5) is 31.5. The van der Waals surface area contributed by atoms with Crippen molar-refractivity contribution in [1.29, 1.82) is 0 Å². The molecule has 2 aromatic carbocycles. The van der Waals surface area contributed by atoms with Gasteiger partial charge in [-0.25, -0.2) is 4.79 Å². The number of aliphatic hydroxyl groups is 1. The minimum Gasteiger partial charge on any atom is -0.490 e. The maximum Gasteiger partial charge on any atom is 0.323 e. The van der Waals surface area contributed by atoms with E-state index >= 15 is 0 Å². The average Bonchev–Trinajstić information content (AvgIpc) is 3.54. The molecule has 0 bridgehead atoms. The van der Waals surface area contributed by atoms with Gasteiger partial charge in [-0.15, -0.1) is 0 Å². The summed E-state index contributed by atoms with van der Waals surface area (Å²) in [5, 5.41) is 15.9. The zero-order valence-electron chi connectivity index (χ0n) is 29.0. The fraction of sp³-hybridized carbons (Fsp3) is 0.622. The van der Waals surface area contributed by atoms with E-state index in [1.165, 1.54) is 32.1 Å². The standard InChI is InChI=1S/C37H54N4O7/c1-25-20-41(26(2)23-42)36(43)31-18-29(38-37(44)39-30-14-16-33-34(19-30)47-24-46-33)13-15-32(31)48-27(3)10-8-9-17-45-35(25)22-40(4)21-28-11-6-5-7-12-28/h13-16,18-19,25-28,35,42H,5-12,17,20-24H2,1-4H3,(H2,38,39,44)/t25-,26-,27+,35-/m0/s1. The van der Waals surface area contributed by atoms with Crippen LogP contribution >= 0.6 is 0 Å². The number of hydrogen-bond acceptors (Lipinski definition) is 8. The topological polar surface area (TPSA) is 122 Å². The van der Waals surface area contributed by atoms with Crippen LogP contribution in [0.15, 0.2) is 36.4 Å². The maximum absolute atomic E-state index is 14.4. The van der Waals surface area contributed by atoms with Crippen molar-refractivity contribution in [2.75, 3.05) is 57.3 Å². The van der Waals surface area contributed by atoms with Crippen molar-refractivity contribution in [3.05, 3.63) is 42.0 Å².